The number of allylic oxidation sites excluding steroid dienone is 1. The highest BCUT2D eigenvalue weighted by atomic mass is 15.2. The zero-order valence-corrected chi connectivity index (χ0v) is 10.0. The van der Waals surface area contributed by atoms with Gasteiger partial charge in [0.15, 0.2) is 0 Å². The number of piperidine rings is 1. The van der Waals surface area contributed by atoms with E-state index in [-0.39, 0.29) is 0 Å². The quantitative estimate of drug-likeness (QED) is 0.577. The summed E-state index contributed by atoms with van der Waals surface area (Å²) in [5.41, 5.74) is 3.32. The van der Waals surface area contributed by atoms with Crippen molar-refractivity contribution in [2.24, 2.45) is 0 Å². The Bertz CT molecular complexity index is 232. The van der Waals surface area contributed by atoms with Crippen molar-refractivity contribution in [3.8, 4) is 0 Å². The second-order valence-corrected chi connectivity index (χ2v) is 5.44. The van der Waals surface area contributed by atoms with E-state index < -0.39 is 0 Å². The Balaban J connectivity index is 2.16. The molecule has 2 heterocycles. The normalized spacial score (nSPS) is 32.8. The van der Waals surface area contributed by atoms with Crippen molar-refractivity contribution in [1.82, 2.24) is 4.90 Å². The predicted octanol–water partition coefficient (Wildman–Crippen LogP) is 3.36. The number of hydrogen-bond acceptors (Lipinski definition) is 1. The van der Waals surface area contributed by atoms with Gasteiger partial charge in [-0.3, -0.25) is 4.90 Å². The van der Waals surface area contributed by atoms with E-state index in [2.05, 4.69) is 32.6 Å². The Kier molecular flexibility index (Phi) is 2.70. The van der Waals surface area contributed by atoms with Crippen molar-refractivity contribution in [1.29, 1.82) is 0 Å². The second kappa shape index (κ2) is 3.69. The summed E-state index contributed by atoms with van der Waals surface area (Å²) in [5, 5.41) is 0. The van der Waals surface area contributed by atoms with Crippen LogP contribution in [0.3, 0.4) is 0 Å². The van der Waals surface area contributed by atoms with Gasteiger partial charge in [0.25, 0.3) is 0 Å². The van der Waals surface area contributed by atoms with Crippen molar-refractivity contribution in [3.05, 3.63) is 11.1 Å². The van der Waals surface area contributed by atoms with Crippen molar-refractivity contribution >= 4 is 0 Å². The molecule has 2 unspecified atom stereocenters. The lowest BCUT2D eigenvalue weighted by Crippen LogP contribution is -2.44. The molecule has 0 saturated carbocycles. The van der Waals surface area contributed by atoms with Crippen LogP contribution in [-0.2, 0) is 0 Å². The molecular formula is C13H23N. The average Bonchev–Trinajstić information content (AvgIpc) is 2.37. The van der Waals surface area contributed by atoms with Gasteiger partial charge in [-0.25, -0.2) is 0 Å². The van der Waals surface area contributed by atoms with Crippen molar-refractivity contribution in [2.75, 3.05) is 0 Å². The van der Waals surface area contributed by atoms with Crippen molar-refractivity contribution in [3.63, 3.8) is 0 Å². The lowest BCUT2D eigenvalue weighted by Gasteiger charge is -2.39. The van der Waals surface area contributed by atoms with E-state index in [9.17, 15) is 0 Å². The van der Waals surface area contributed by atoms with E-state index >= 15 is 0 Å². The summed E-state index contributed by atoms with van der Waals surface area (Å²) in [4.78, 5) is 2.76. The van der Waals surface area contributed by atoms with Gasteiger partial charge >= 0.3 is 0 Å². The van der Waals surface area contributed by atoms with E-state index in [0.29, 0.717) is 0 Å². The van der Waals surface area contributed by atoms with Crippen LogP contribution in [0.1, 0.15) is 53.4 Å². The molecule has 2 atom stereocenters. The first-order valence-corrected chi connectivity index (χ1v) is 6.02. The highest BCUT2D eigenvalue weighted by molar-refractivity contribution is 5.19. The molecule has 0 amide bonds. The molecule has 80 valence electrons. The summed E-state index contributed by atoms with van der Waals surface area (Å²) in [6.07, 6.45) is 5.55. The molecule has 0 spiro atoms. The van der Waals surface area contributed by atoms with Crippen molar-refractivity contribution in [2.45, 2.75) is 71.5 Å². The van der Waals surface area contributed by atoms with Crippen LogP contribution in [-0.4, -0.2) is 23.0 Å². The first-order valence-electron chi connectivity index (χ1n) is 6.02. The van der Waals surface area contributed by atoms with Crippen LogP contribution in [0.15, 0.2) is 11.1 Å². The number of hydrogen-bond donors (Lipinski definition) is 0. The fourth-order valence-electron chi connectivity index (χ4n) is 3.30. The third-order valence-corrected chi connectivity index (χ3v) is 3.94. The van der Waals surface area contributed by atoms with E-state index in [1.807, 2.05) is 0 Å². The van der Waals surface area contributed by atoms with Crippen LogP contribution in [0.5, 0.6) is 0 Å². The zero-order chi connectivity index (χ0) is 10.3. The fourth-order valence-corrected chi connectivity index (χ4v) is 3.30. The molecule has 2 bridgehead atoms. The minimum absolute atomic E-state index is 0.742. The van der Waals surface area contributed by atoms with Gasteiger partial charge in [0.2, 0.25) is 0 Å². The first-order chi connectivity index (χ1) is 6.59. The van der Waals surface area contributed by atoms with E-state index in [1.165, 1.54) is 25.7 Å². The van der Waals surface area contributed by atoms with Crippen LogP contribution < -0.4 is 0 Å². The van der Waals surface area contributed by atoms with Crippen molar-refractivity contribution < 1.29 is 0 Å². The highest BCUT2D eigenvalue weighted by Gasteiger charge is 2.39. The van der Waals surface area contributed by atoms with Gasteiger partial charge < -0.3 is 0 Å². The maximum absolute atomic E-state index is 2.76. The average molecular weight is 193 g/mol. The molecule has 2 aliphatic rings. The van der Waals surface area contributed by atoms with Crippen LogP contribution in [0.4, 0.5) is 0 Å². The fraction of sp³-hybridized carbons (Fsp3) is 0.846. The largest absolute Gasteiger partial charge is 0.294 e. The molecule has 0 radical (unpaired) electrons. The number of rotatable bonds is 1. The van der Waals surface area contributed by atoms with Crippen LogP contribution in [0.2, 0.25) is 0 Å². The van der Waals surface area contributed by atoms with Gasteiger partial charge in [-0.1, -0.05) is 11.1 Å². The second-order valence-electron chi connectivity index (χ2n) is 5.44. The smallest absolute Gasteiger partial charge is 0.0139 e. The topological polar surface area (TPSA) is 3.24 Å². The maximum Gasteiger partial charge on any atom is 0.0139 e. The molecule has 1 heteroatoms. The number of fused-ring (bicyclic) bond motifs is 2. The molecule has 2 rings (SSSR count). The molecule has 2 saturated heterocycles. The Morgan fingerprint density at radius 3 is 2.00 bits per heavy atom. The predicted molar refractivity (Wildman–Crippen MR) is 61.4 cm³/mol. The Labute approximate surface area is 88.2 Å². The first kappa shape index (κ1) is 10.2. The maximum atomic E-state index is 2.76. The Hall–Kier alpha value is -0.300. The van der Waals surface area contributed by atoms with Crippen LogP contribution in [0, 0.1) is 0 Å². The number of nitrogens with zero attached hydrogens (tertiary/aromatic N) is 1. The summed E-state index contributed by atoms with van der Waals surface area (Å²) < 4.78 is 0. The molecule has 0 aromatic carbocycles. The molecule has 0 N–H and O–H groups in total. The molecule has 1 nitrogen and oxygen atoms in total. The summed E-state index contributed by atoms with van der Waals surface area (Å²) in [5.74, 6) is 0. The molecule has 2 aliphatic heterocycles. The lowest BCUT2D eigenvalue weighted by molar-refractivity contribution is 0.125. The monoisotopic (exact) mass is 193 g/mol. The molecule has 0 aliphatic carbocycles. The van der Waals surface area contributed by atoms with Gasteiger partial charge in [0.1, 0.15) is 0 Å². The van der Waals surface area contributed by atoms with Gasteiger partial charge in [-0.2, -0.15) is 0 Å². The molecule has 14 heavy (non-hydrogen) atoms. The Morgan fingerprint density at radius 2 is 1.64 bits per heavy atom. The van der Waals surface area contributed by atoms with Gasteiger partial charge in [-0.05, 0) is 53.4 Å². The van der Waals surface area contributed by atoms with E-state index in [1.54, 1.807) is 11.1 Å². The van der Waals surface area contributed by atoms with Gasteiger partial charge in [-0.15, -0.1) is 0 Å². The zero-order valence-electron chi connectivity index (χ0n) is 10.0. The lowest BCUT2D eigenvalue weighted by atomic mass is 9.92. The van der Waals surface area contributed by atoms with E-state index in [4.69, 9.17) is 0 Å². The third kappa shape index (κ3) is 1.63. The molecule has 2 fully saturated rings. The molecule has 0 aromatic heterocycles. The summed E-state index contributed by atoms with van der Waals surface area (Å²) in [6, 6.07) is 2.46. The standard InChI is InChI=1S/C13H23N/c1-9(2)11-7-12-5-6-13(8-11)14(12)10(3)4/h10,12-13H,5-8H2,1-4H3. The summed E-state index contributed by atoms with van der Waals surface area (Å²) in [6.45, 7) is 9.25. The van der Waals surface area contributed by atoms with E-state index in [0.717, 1.165) is 18.1 Å². The molecule has 0 aromatic rings. The summed E-state index contributed by atoms with van der Waals surface area (Å²) in [7, 11) is 0. The molecular weight excluding hydrogens is 170 g/mol. The van der Waals surface area contributed by atoms with Crippen LogP contribution in [0.25, 0.3) is 0 Å². The third-order valence-electron chi connectivity index (χ3n) is 3.94. The minimum Gasteiger partial charge on any atom is -0.294 e. The SMILES string of the molecule is CC(C)=C1CC2CCC(C1)N2C(C)C. The van der Waals surface area contributed by atoms with Gasteiger partial charge in [0.05, 0.1) is 0 Å². The minimum atomic E-state index is 0.742. The van der Waals surface area contributed by atoms with Gasteiger partial charge in [0, 0.05) is 18.1 Å². The van der Waals surface area contributed by atoms with Crippen LogP contribution >= 0.6 is 0 Å². The Morgan fingerprint density at radius 1 is 1.14 bits per heavy atom. The highest BCUT2D eigenvalue weighted by Crippen LogP contribution is 2.40. The summed E-state index contributed by atoms with van der Waals surface area (Å²) >= 11 is 0.